The lowest BCUT2D eigenvalue weighted by Gasteiger charge is -2.40. The van der Waals surface area contributed by atoms with Crippen molar-refractivity contribution in [3.8, 4) is 0 Å². The Hall–Kier alpha value is -0.0800. The van der Waals surface area contributed by atoms with Crippen LogP contribution in [0.15, 0.2) is 0 Å². The lowest BCUT2D eigenvalue weighted by molar-refractivity contribution is -0.0886. The van der Waals surface area contributed by atoms with Gasteiger partial charge in [0.25, 0.3) is 0 Å². The molecular formula is C16H28O2. The van der Waals surface area contributed by atoms with Crippen LogP contribution in [-0.4, -0.2) is 23.4 Å². The summed E-state index contributed by atoms with van der Waals surface area (Å²) in [6, 6.07) is 0. The van der Waals surface area contributed by atoms with E-state index in [1.165, 1.54) is 6.42 Å². The number of fused-ring (bicyclic) bond motifs is 3. The summed E-state index contributed by atoms with van der Waals surface area (Å²) in [7, 11) is 1.85. The van der Waals surface area contributed by atoms with Crippen LogP contribution in [0.3, 0.4) is 0 Å². The smallest absolute Gasteiger partial charge is 0.0682 e. The summed E-state index contributed by atoms with van der Waals surface area (Å²) in [6.07, 6.45) is 4.50. The van der Waals surface area contributed by atoms with Crippen LogP contribution in [0, 0.1) is 29.1 Å². The second-order valence-electron chi connectivity index (χ2n) is 8.04. The fraction of sp³-hybridized carbons (Fsp3) is 1.00. The van der Waals surface area contributed by atoms with Crippen molar-refractivity contribution in [2.24, 2.45) is 29.1 Å². The number of ether oxygens (including phenoxy) is 1. The van der Waals surface area contributed by atoms with Crippen LogP contribution in [0.4, 0.5) is 0 Å². The first-order chi connectivity index (χ1) is 8.24. The van der Waals surface area contributed by atoms with Gasteiger partial charge >= 0.3 is 0 Å². The number of methoxy groups -OCH3 is 1. The van der Waals surface area contributed by atoms with Crippen molar-refractivity contribution in [2.45, 2.75) is 64.6 Å². The molecule has 3 aliphatic rings. The van der Waals surface area contributed by atoms with Gasteiger partial charge in [0.15, 0.2) is 0 Å². The van der Waals surface area contributed by atoms with Crippen molar-refractivity contribution in [1.82, 2.24) is 0 Å². The highest BCUT2D eigenvalue weighted by Crippen LogP contribution is 2.72. The van der Waals surface area contributed by atoms with Gasteiger partial charge in [-0.3, -0.25) is 0 Å². The van der Waals surface area contributed by atoms with Gasteiger partial charge in [-0.1, -0.05) is 13.8 Å². The van der Waals surface area contributed by atoms with Crippen LogP contribution in [0.5, 0.6) is 0 Å². The van der Waals surface area contributed by atoms with Crippen LogP contribution in [0.1, 0.15) is 53.4 Å². The average molecular weight is 252 g/mol. The average Bonchev–Trinajstić information content (AvgIpc) is 2.72. The highest BCUT2D eigenvalue weighted by molar-refractivity contribution is 5.18. The van der Waals surface area contributed by atoms with E-state index in [0.717, 1.165) is 25.2 Å². The monoisotopic (exact) mass is 252 g/mol. The Bertz CT molecular complexity index is 360. The molecule has 104 valence electrons. The molecule has 3 saturated carbocycles. The fourth-order valence-electron chi connectivity index (χ4n) is 5.48. The molecule has 3 fully saturated rings. The minimum absolute atomic E-state index is 0.0192. The molecule has 2 heteroatoms. The quantitative estimate of drug-likeness (QED) is 0.776. The molecule has 6 atom stereocenters. The van der Waals surface area contributed by atoms with E-state index in [1.807, 2.05) is 7.11 Å². The lowest BCUT2D eigenvalue weighted by atomic mass is 9.73. The fourth-order valence-corrected chi connectivity index (χ4v) is 5.48. The molecule has 0 saturated heterocycles. The number of aliphatic hydroxyl groups is 1. The van der Waals surface area contributed by atoms with Gasteiger partial charge in [0.05, 0.1) is 11.2 Å². The standard InChI is InChI=1S/C16H28O2/c1-14(2)10-7-9-16(4,18-5)11-6-8-15(3,17)13(11)12(10)14/h10-13,17H,6-9H2,1-5H3/t10-,11-,12-,13+,15+,16-/m1/s1. The highest BCUT2D eigenvalue weighted by atomic mass is 16.5. The van der Waals surface area contributed by atoms with Gasteiger partial charge in [-0.05, 0) is 68.6 Å². The molecule has 0 aromatic rings. The van der Waals surface area contributed by atoms with Gasteiger partial charge < -0.3 is 9.84 Å². The van der Waals surface area contributed by atoms with Gasteiger partial charge in [0.2, 0.25) is 0 Å². The van der Waals surface area contributed by atoms with Crippen LogP contribution in [0.2, 0.25) is 0 Å². The summed E-state index contributed by atoms with van der Waals surface area (Å²) in [5, 5.41) is 10.8. The molecule has 0 aromatic carbocycles. The zero-order valence-corrected chi connectivity index (χ0v) is 12.5. The second kappa shape index (κ2) is 3.52. The molecule has 18 heavy (non-hydrogen) atoms. The van der Waals surface area contributed by atoms with Crippen molar-refractivity contribution in [1.29, 1.82) is 0 Å². The van der Waals surface area contributed by atoms with Gasteiger partial charge in [0.1, 0.15) is 0 Å². The van der Waals surface area contributed by atoms with E-state index in [1.54, 1.807) is 0 Å². The number of rotatable bonds is 1. The highest BCUT2D eigenvalue weighted by Gasteiger charge is 2.69. The SMILES string of the molecule is CO[C@]1(C)CC[C@@H]2[C@H]([C@@H]3[C@H]1CC[C@]3(C)O)C2(C)C. The third-order valence-electron chi connectivity index (χ3n) is 6.84. The second-order valence-corrected chi connectivity index (χ2v) is 8.04. The van der Waals surface area contributed by atoms with E-state index < -0.39 is 5.60 Å². The summed E-state index contributed by atoms with van der Waals surface area (Å²) in [5.74, 6) is 2.47. The predicted molar refractivity (Wildman–Crippen MR) is 72.2 cm³/mol. The van der Waals surface area contributed by atoms with E-state index in [0.29, 0.717) is 23.2 Å². The number of hydrogen-bond donors (Lipinski definition) is 1. The third kappa shape index (κ3) is 1.48. The van der Waals surface area contributed by atoms with Gasteiger partial charge in [-0.15, -0.1) is 0 Å². The summed E-state index contributed by atoms with van der Waals surface area (Å²) in [5.41, 5.74) is -0.0630. The number of hydrogen-bond acceptors (Lipinski definition) is 2. The maximum absolute atomic E-state index is 10.8. The molecule has 0 amide bonds. The molecule has 0 radical (unpaired) electrons. The Morgan fingerprint density at radius 1 is 0.944 bits per heavy atom. The van der Waals surface area contributed by atoms with Gasteiger partial charge in [0, 0.05) is 7.11 Å². The van der Waals surface area contributed by atoms with Crippen LogP contribution >= 0.6 is 0 Å². The summed E-state index contributed by atoms with van der Waals surface area (Å²) >= 11 is 0. The Morgan fingerprint density at radius 3 is 2.17 bits per heavy atom. The van der Waals surface area contributed by atoms with Gasteiger partial charge in [-0.2, -0.15) is 0 Å². The molecule has 2 nitrogen and oxygen atoms in total. The molecule has 0 unspecified atom stereocenters. The Morgan fingerprint density at radius 2 is 1.56 bits per heavy atom. The van der Waals surface area contributed by atoms with E-state index >= 15 is 0 Å². The molecule has 0 spiro atoms. The van der Waals surface area contributed by atoms with Crippen LogP contribution < -0.4 is 0 Å². The van der Waals surface area contributed by atoms with Gasteiger partial charge in [-0.25, -0.2) is 0 Å². The molecule has 3 rings (SSSR count). The van der Waals surface area contributed by atoms with Crippen molar-refractivity contribution in [3.63, 3.8) is 0 Å². The molecular weight excluding hydrogens is 224 g/mol. The first-order valence-corrected chi connectivity index (χ1v) is 7.51. The normalized spacial score (nSPS) is 57.7. The lowest BCUT2D eigenvalue weighted by Crippen LogP contribution is -2.44. The summed E-state index contributed by atoms with van der Waals surface area (Å²) < 4.78 is 5.89. The molecule has 1 N–H and O–H groups in total. The van der Waals surface area contributed by atoms with Crippen molar-refractivity contribution >= 4 is 0 Å². The Balaban J connectivity index is 1.99. The zero-order chi connectivity index (χ0) is 13.3. The maximum Gasteiger partial charge on any atom is 0.0682 e. The Labute approximate surface area is 111 Å². The topological polar surface area (TPSA) is 29.5 Å². The predicted octanol–water partition coefficient (Wildman–Crippen LogP) is 3.23. The molecule has 3 aliphatic carbocycles. The first-order valence-electron chi connectivity index (χ1n) is 7.51. The van der Waals surface area contributed by atoms with E-state index in [2.05, 4.69) is 27.7 Å². The van der Waals surface area contributed by atoms with Crippen molar-refractivity contribution in [3.05, 3.63) is 0 Å². The van der Waals surface area contributed by atoms with E-state index in [9.17, 15) is 5.11 Å². The molecule has 0 heterocycles. The molecule has 0 aromatic heterocycles. The van der Waals surface area contributed by atoms with Crippen molar-refractivity contribution < 1.29 is 9.84 Å². The minimum Gasteiger partial charge on any atom is -0.390 e. The van der Waals surface area contributed by atoms with Crippen LogP contribution in [0.25, 0.3) is 0 Å². The maximum atomic E-state index is 10.8. The largest absolute Gasteiger partial charge is 0.390 e. The molecule has 0 bridgehead atoms. The van der Waals surface area contributed by atoms with E-state index in [-0.39, 0.29) is 5.60 Å². The minimum atomic E-state index is -0.481. The Kier molecular flexibility index (Phi) is 2.53. The zero-order valence-electron chi connectivity index (χ0n) is 12.5. The third-order valence-corrected chi connectivity index (χ3v) is 6.84. The van der Waals surface area contributed by atoms with E-state index in [4.69, 9.17) is 4.74 Å². The van der Waals surface area contributed by atoms with Crippen molar-refractivity contribution in [2.75, 3.05) is 7.11 Å². The first kappa shape index (κ1) is 12.9. The van der Waals surface area contributed by atoms with Crippen LogP contribution in [-0.2, 0) is 4.74 Å². The summed E-state index contributed by atoms with van der Waals surface area (Å²) in [6.45, 7) is 9.11. The summed E-state index contributed by atoms with van der Waals surface area (Å²) in [4.78, 5) is 0. The molecule has 0 aliphatic heterocycles.